The Bertz CT molecular complexity index is 967. The molecule has 0 fully saturated rings. The minimum atomic E-state index is -0.440. The summed E-state index contributed by atoms with van der Waals surface area (Å²) in [5.74, 6) is 1.05. The Morgan fingerprint density at radius 3 is 2.21 bits per heavy atom. The quantitative estimate of drug-likeness (QED) is 0.604. The highest BCUT2D eigenvalue weighted by Gasteiger charge is 2.14. The maximum absolute atomic E-state index is 12.3. The summed E-state index contributed by atoms with van der Waals surface area (Å²) in [4.78, 5) is 24.6. The Labute approximate surface area is 167 Å². The van der Waals surface area contributed by atoms with Gasteiger partial charge in [-0.05, 0) is 48.5 Å². The Hall–Kier alpha value is -3.94. The number of benzene rings is 2. The number of carbonyl (C=O) groups is 2. The van der Waals surface area contributed by atoms with Crippen LogP contribution in [0.1, 0.15) is 10.6 Å². The Morgan fingerprint density at radius 1 is 0.862 bits per heavy atom. The number of methoxy groups -OCH3 is 2. The molecule has 2 N–H and O–H groups in total. The lowest BCUT2D eigenvalue weighted by Gasteiger charge is -2.14. The van der Waals surface area contributed by atoms with Crippen LogP contribution in [0.5, 0.6) is 17.2 Å². The highest BCUT2D eigenvalue weighted by atomic mass is 16.5. The van der Waals surface area contributed by atoms with Crippen molar-refractivity contribution in [1.29, 1.82) is 0 Å². The topological polar surface area (TPSA) is 99.0 Å². The number of hydrogen-bond acceptors (Lipinski definition) is 6. The van der Waals surface area contributed by atoms with E-state index in [1.807, 2.05) is 0 Å². The summed E-state index contributed by atoms with van der Waals surface area (Å²) in [6, 6.07) is 14.9. The molecule has 0 saturated heterocycles. The molecule has 0 aliphatic rings. The van der Waals surface area contributed by atoms with Crippen molar-refractivity contribution in [3.63, 3.8) is 0 Å². The van der Waals surface area contributed by atoms with Gasteiger partial charge in [-0.1, -0.05) is 0 Å². The lowest BCUT2D eigenvalue weighted by molar-refractivity contribution is -0.118. The van der Waals surface area contributed by atoms with Gasteiger partial charge in [0.15, 0.2) is 12.4 Å². The van der Waals surface area contributed by atoms with E-state index < -0.39 is 11.8 Å². The van der Waals surface area contributed by atoms with Gasteiger partial charge in [0.2, 0.25) is 0 Å². The van der Waals surface area contributed by atoms with Crippen LogP contribution in [0.2, 0.25) is 0 Å². The summed E-state index contributed by atoms with van der Waals surface area (Å²) in [6.07, 6.45) is 1.40. The minimum absolute atomic E-state index is 0.154. The molecule has 29 heavy (non-hydrogen) atoms. The van der Waals surface area contributed by atoms with E-state index in [9.17, 15) is 9.59 Å². The summed E-state index contributed by atoms with van der Waals surface area (Å²) >= 11 is 0. The van der Waals surface area contributed by atoms with Crippen LogP contribution in [0.15, 0.2) is 65.3 Å². The van der Waals surface area contributed by atoms with Crippen LogP contribution < -0.4 is 24.8 Å². The highest BCUT2D eigenvalue weighted by Crippen LogP contribution is 2.28. The number of anilines is 2. The third-order valence-corrected chi connectivity index (χ3v) is 3.92. The maximum atomic E-state index is 12.3. The first-order chi connectivity index (χ1) is 14.1. The van der Waals surface area contributed by atoms with Gasteiger partial charge in [0.05, 0.1) is 31.9 Å². The molecule has 1 aromatic heterocycles. The maximum Gasteiger partial charge on any atom is 0.291 e. The molecule has 3 rings (SSSR count). The third-order valence-electron chi connectivity index (χ3n) is 3.92. The molecule has 3 aromatic rings. The number of ether oxygens (including phenoxy) is 3. The van der Waals surface area contributed by atoms with Gasteiger partial charge in [0, 0.05) is 6.07 Å². The van der Waals surface area contributed by atoms with E-state index in [2.05, 4.69) is 10.6 Å². The van der Waals surface area contributed by atoms with Crippen LogP contribution in [0, 0.1) is 0 Å². The minimum Gasteiger partial charge on any atom is -0.497 e. The predicted molar refractivity (Wildman–Crippen MR) is 107 cm³/mol. The van der Waals surface area contributed by atoms with Crippen molar-refractivity contribution in [2.75, 3.05) is 31.5 Å². The van der Waals surface area contributed by atoms with Crippen LogP contribution in [0.25, 0.3) is 0 Å². The molecule has 2 aromatic carbocycles. The summed E-state index contributed by atoms with van der Waals surface area (Å²) in [5, 5.41) is 5.41. The zero-order valence-electron chi connectivity index (χ0n) is 15.9. The smallest absolute Gasteiger partial charge is 0.291 e. The Kier molecular flexibility index (Phi) is 6.36. The average molecular weight is 396 g/mol. The molecule has 150 valence electrons. The first kappa shape index (κ1) is 19.8. The number of rotatable bonds is 8. The fraction of sp³-hybridized carbons (Fsp3) is 0.143. The van der Waals surface area contributed by atoms with E-state index in [0.29, 0.717) is 28.6 Å². The van der Waals surface area contributed by atoms with Crippen LogP contribution in [-0.2, 0) is 4.79 Å². The fourth-order valence-corrected chi connectivity index (χ4v) is 2.46. The SMILES string of the molecule is COc1ccc(OCC(=O)Nc2cc(OC)ccc2NC(=O)c2ccco2)cc1. The van der Waals surface area contributed by atoms with E-state index in [4.69, 9.17) is 18.6 Å². The summed E-state index contributed by atoms with van der Waals surface area (Å²) in [6.45, 7) is -0.213. The third kappa shape index (κ3) is 5.29. The van der Waals surface area contributed by atoms with E-state index >= 15 is 0 Å². The van der Waals surface area contributed by atoms with Crippen molar-refractivity contribution < 1.29 is 28.2 Å². The van der Waals surface area contributed by atoms with Gasteiger partial charge in [-0.2, -0.15) is 0 Å². The van der Waals surface area contributed by atoms with Gasteiger partial charge < -0.3 is 29.3 Å². The second kappa shape index (κ2) is 9.32. The monoisotopic (exact) mass is 396 g/mol. The van der Waals surface area contributed by atoms with Crippen molar-refractivity contribution in [2.45, 2.75) is 0 Å². The van der Waals surface area contributed by atoms with E-state index in [1.165, 1.54) is 13.4 Å². The van der Waals surface area contributed by atoms with Gasteiger partial charge in [0.1, 0.15) is 17.2 Å². The molecule has 0 saturated carbocycles. The van der Waals surface area contributed by atoms with Crippen LogP contribution in [0.3, 0.4) is 0 Å². The van der Waals surface area contributed by atoms with E-state index in [0.717, 1.165) is 0 Å². The second-order valence-corrected chi connectivity index (χ2v) is 5.86. The normalized spacial score (nSPS) is 10.1. The van der Waals surface area contributed by atoms with Gasteiger partial charge in [-0.25, -0.2) is 0 Å². The lowest BCUT2D eigenvalue weighted by atomic mass is 10.2. The van der Waals surface area contributed by atoms with E-state index in [-0.39, 0.29) is 12.4 Å². The summed E-state index contributed by atoms with van der Waals surface area (Å²) in [5.41, 5.74) is 0.762. The first-order valence-electron chi connectivity index (χ1n) is 8.68. The molecule has 0 atom stereocenters. The van der Waals surface area contributed by atoms with Crippen LogP contribution in [-0.4, -0.2) is 32.6 Å². The second-order valence-electron chi connectivity index (χ2n) is 5.86. The number of hydrogen-bond donors (Lipinski definition) is 2. The fourth-order valence-electron chi connectivity index (χ4n) is 2.46. The standard InChI is InChI=1S/C21H20N2O6/c1-26-14-5-7-15(8-6-14)29-13-20(24)22-18-12-16(27-2)9-10-17(18)23-21(25)19-4-3-11-28-19/h3-12H,13H2,1-2H3,(H,22,24)(H,23,25). The number of carbonyl (C=O) groups excluding carboxylic acids is 2. The van der Waals surface area contributed by atoms with E-state index in [1.54, 1.807) is 61.7 Å². The summed E-state index contributed by atoms with van der Waals surface area (Å²) < 4.78 is 20.8. The van der Waals surface area contributed by atoms with Crippen molar-refractivity contribution in [3.8, 4) is 17.2 Å². The number of amides is 2. The molecular formula is C21H20N2O6. The Morgan fingerprint density at radius 2 is 1.55 bits per heavy atom. The molecule has 0 bridgehead atoms. The Balaban J connectivity index is 1.67. The molecule has 0 unspecified atom stereocenters. The van der Waals surface area contributed by atoms with Crippen molar-refractivity contribution in [3.05, 3.63) is 66.6 Å². The molecule has 0 aliphatic carbocycles. The van der Waals surface area contributed by atoms with Gasteiger partial charge in [-0.15, -0.1) is 0 Å². The molecule has 8 heteroatoms. The molecule has 1 heterocycles. The lowest BCUT2D eigenvalue weighted by Crippen LogP contribution is -2.21. The molecule has 8 nitrogen and oxygen atoms in total. The van der Waals surface area contributed by atoms with Crippen LogP contribution >= 0.6 is 0 Å². The van der Waals surface area contributed by atoms with Crippen molar-refractivity contribution in [2.24, 2.45) is 0 Å². The van der Waals surface area contributed by atoms with Gasteiger partial charge >= 0.3 is 0 Å². The zero-order chi connectivity index (χ0) is 20.6. The molecule has 0 aliphatic heterocycles. The average Bonchev–Trinajstić information content (AvgIpc) is 3.29. The summed E-state index contributed by atoms with van der Waals surface area (Å²) in [7, 11) is 3.08. The number of furan rings is 1. The van der Waals surface area contributed by atoms with Gasteiger partial charge in [-0.3, -0.25) is 9.59 Å². The van der Waals surface area contributed by atoms with Crippen molar-refractivity contribution in [1.82, 2.24) is 0 Å². The highest BCUT2D eigenvalue weighted by molar-refractivity contribution is 6.06. The molecule has 2 amide bonds. The zero-order valence-corrected chi connectivity index (χ0v) is 15.9. The predicted octanol–water partition coefficient (Wildman–Crippen LogP) is 3.57. The number of nitrogens with one attached hydrogen (secondary N) is 2. The first-order valence-corrected chi connectivity index (χ1v) is 8.68. The molecule has 0 radical (unpaired) electrons. The largest absolute Gasteiger partial charge is 0.497 e. The van der Waals surface area contributed by atoms with Crippen LogP contribution in [0.4, 0.5) is 11.4 Å². The molecule has 0 spiro atoms. The van der Waals surface area contributed by atoms with Crippen molar-refractivity contribution >= 4 is 23.2 Å². The molecular weight excluding hydrogens is 376 g/mol. The van der Waals surface area contributed by atoms with Gasteiger partial charge in [0.25, 0.3) is 11.8 Å².